The molecule has 0 aliphatic rings. The molecule has 0 spiro atoms. The minimum absolute atomic E-state index is 0.00575. The number of H-pyrrole nitrogens is 1. The van der Waals surface area contributed by atoms with Crippen LogP contribution in [0, 0.1) is 0 Å². The quantitative estimate of drug-likeness (QED) is 0.792. The van der Waals surface area contributed by atoms with Crippen LogP contribution >= 0.6 is 0 Å². The zero-order valence-corrected chi connectivity index (χ0v) is 8.71. The summed E-state index contributed by atoms with van der Waals surface area (Å²) < 4.78 is 0. The summed E-state index contributed by atoms with van der Waals surface area (Å²) in [5.41, 5.74) is 2.72. The van der Waals surface area contributed by atoms with E-state index in [1.54, 1.807) is 6.08 Å². The van der Waals surface area contributed by atoms with Crippen LogP contribution < -0.4 is 5.56 Å². The second kappa shape index (κ2) is 3.73. The van der Waals surface area contributed by atoms with Gasteiger partial charge < -0.3 is 4.98 Å². The second-order valence-corrected chi connectivity index (χ2v) is 3.53. The second-order valence-electron chi connectivity index (χ2n) is 3.53. The molecule has 0 amide bonds. The van der Waals surface area contributed by atoms with E-state index in [1.807, 2.05) is 31.2 Å². The SMILES string of the molecule is C=Cc1ccc2cc(CC)c(=O)[nH]c2c1. The standard InChI is InChI=1S/C13H13NO/c1-3-9-5-6-11-8-10(4-2)13(15)14-12(11)7-9/h3,5-8H,1,4H2,2H3,(H,14,15). The van der Waals surface area contributed by atoms with Crippen molar-refractivity contribution in [1.82, 2.24) is 4.98 Å². The molecule has 1 heterocycles. The van der Waals surface area contributed by atoms with E-state index in [9.17, 15) is 4.79 Å². The molecule has 2 heteroatoms. The normalized spacial score (nSPS) is 10.5. The molecule has 15 heavy (non-hydrogen) atoms. The van der Waals surface area contributed by atoms with Gasteiger partial charge in [0.2, 0.25) is 0 Å². The summed E-state index contributed by atoms with van der Waals surface area (Å²) in [5.74, 6) is 0. The van der Waals surface area contributed by atoms with Crippen LogP contribution in [0.2, 0.25) is 0 Å². The lowest BCUT2D eigenvalue weighted by Crippen LogP contribution is -2.11. The Morgan fingerprint density at radius 3 is 2.87 bits per heavy atom. The summed E-state index contributed by atoms with van der Waals surface area (Å²) in [6.07, 6.45) is 2.53. The summed E-state index contributed by atoms with van der Waals surface area (Å²) in [4.78, 5) is 14.5. The number of aromatic nitrogens is 1. The molecule has 76 valence electrons. The highest BCUT2D eigenvalue weighted by Gasteiger charge is 2.00. The van der Waals surface area contributed by atoms with Gasteiger partial charge in [-0.05, 0) is 29.5 Å². The van der Waals surface area contributed by atoms with Gasteiger partial charge >= 0.3 is 0 Å². The Bertz CT molecular complexity index is 566. The van der Waals surface area contributed by atoms with Gasteiger partial charge in [0.15, 0.2) is 0 Å². The van der Waals surface area contributed by atoms with E-state index in [1.165, 1.54) is 0 Å². The molecule has 2 rings (SSSR count). The maximum Gasteiger partial charge on any atom is 0.251 e. The molecule has 1 aromatic heterocycles. The van der Waals surface area contributed by atoms with Gasteiger partial charge in [0, 0.05) is 11.1 Å². The average Bonchev–Trinajstić information content (AvgIpc) is 2.27. The first-order chi connectivity index (χ1) is 7.24. The predicted octanol–water partition coefficient (Wildman–Crippen LogP) is 2.73. The molecule has 0 aliphatic heterocycles. The van der Waals surface area contributed by atoms with Crippen molar-refractivity contribution in [2.24, 2.45) is 0 Å². The van der Waals surface area contributed by atoms with Gasteiger partial charge in [-0.1, -0.05) is 31.7 Å². The van der Waals surface area contributed by atoms with Crippen LogP contribution in [0.3, 0.4) is 0 Å². The average molecular weight is 199 g/mol. The van der Waals surface area contributed by atoms with Crippen molar-refractivity contribution in [1.29, 1.82) is 0 Å². The monoisotopic (exact) mass is 199 g/mol. The van der Waals surface area contributed by atoms with Crippen LogP contribution in [0.1, 0.15) is 18.1 Å². The summed E-state index contributed by atoms with van der Waals surface area (Å²) in [7, 11) is 0. The molecule has 0 fully saturated rings. The highest BCUT2D eigenvalue weighted by Crippen LogP contribution is 2.14. The van der Waals surface area contributed by atoms with Crippen molar-refractivity contribution in [3.05, 3.63) is 52.3 Å². The van der Waals surface area contributed by atoms with Gasteiger partial charge in [0.25, 0.3) is 5.56 Å². The molecular formula is C13H13NO. The van der Waals surface area contributed by atoms with Crippen molar-refractivity contribution < 1.29 is 0 Å². The number of hydrogen-bond donors (Lipinski definition) is 1. The lowest BCUT2D eigenvalue weighted by atomic mass is 10.1. The van der Waals surface area contributed by atoms with E-state index in [0.29, 0.717) is 0 Å². The fourth-order valence-electron chi connectivity index (χ4n) is 1.65. The summed E-state index contributed by atoms with van der Waals surface area (Å²) in [6.45, 7) is 5.68. The largest absolute Gasteiger partial charge is 0.322 e. The van der Waals surface area contributed by atoms with E-state index in [0.717, 1.165) is 28.5 Å². The van der Waals surface area contributed by atoms with Gasteiger partial charge in [0.05, 0.1) is 0 Å². The maximum absolute atomic E-state index is 11.6. The first-order valence-corrected chi connectivity index (χ1v) is 5.03. The molecule has 1 aromatic carbocycles. The molecule has 0 unspecified atom stereocenters. The first-order valence-electron chi connectivity index (χ1n) is 5.03. The smallest absolute Gasteiger partial charge is 0.251 e. The number of hydrogen-bond acceptors (Lipinski definition) is 1. The minimum Gasteiger partial charge on any atom is -0.322 e. The van der Waals surface area contributed by atoms with Gasteiger partial charge in [-0.25, -0.2) is 0 Å². The van der Waals surface area contributed by atoms with E-state index in [4.69, 9.17) is 0 Å². The van der Waals surface area contributed by atoms with Crippen molar-refractivity contribution in [2.75, 3.05) is 0 Å². The zero-order valence-electron chi connectivity index (χ0n) is 8.71. The van der Waals surface area contributed by atoms with Gasteiger partial charge in [-0.3, -0.25) is 4.79 Å². The lowest BCUT2D eigenvalue weighted by Gasteiger charge is -2.02. The topological polar surface area (TPSA) is 32.9 Å². The minimum atomic E-state index is 0.00575. The molecule has 0 atom stereocenters. The Morgan fingerprint density at radius 2 is 2.20 bits per heavy atom. The van der Waals surface area contributed by atoms with Crippen LogP contribution in [0.4, 0.5) is 0 Å². The van der Waals surface area contributed by atoms with Gasteiger partial charge in [-0.2, -0.15) is 0 Å². The number of aromatic amines is 1. The van der Waals surface area contributed by atoms with Crippen molar-refractivity contribution in [3.63, 3.8) is 0 Å². The van der Waals surface area contributed by atoms with E-state index in [2.05, 4.69) is 11.6 Å². The number of fused-ring (bicyclic) bond motifs is 1. The fourth-order valence-corrected chi connectivity index (χ4v) is 1.65. The Balaban J connectivity index is 2.75. The highest BCUT2D eigenvalue weighted by molar-refractivity contribution is 5.81. The number of aryl methyl sites for hydroxylation is 1. The van der Waals surface area contributed by atoms with Crippen molar-refractivity contribution in [3.8, 4) is 0 Å². The van der Waals surface area contributed by atoms with Crippen LogP contribution in [0.25, 0.3) is 17.0 Å². The van der Waals surface area contributed by atoms with Crippen molar-refractivity contribution in [2.45, 2.75) is 13.3 Å². The van der Waals surface area contributed by atoms with Gasteiger partial charge in [-0.15, -0.1) is 0 Å². The molecule has 0 aliphatic carbocycles. The van der Waals surface area contributed by atoms with Crippen LogP contribution in [-0.2, 0) is 6.42 Å². The van der Waals surface area contributed by atoms with Crippen LogP contribution in [0.5, 0.6) is 0 Å². The number of pyridine rings is 1. The maximum atomic E-state index is 11.6. The third-order valence-corrected chi connectivity index (χ3v) is 2.56. The van der Waals surface area contributed by atoms with E-state index < -0.39 is 0 Å². The first kappa shape index (κ1) is 9.71. The molecule has 0 saturated carbocycles. The van der Waals surface area contributed by atoms with Crippen LogP contribution in [-0.4, -0.2) is 4.98 Å². The van der Waals surface area contributed by atoms with E-state index in [-0.39, 0.29) is 5.56 Å². The van der Waals surface area contributed by atoms with Crippen LogP contribution in [0.15, 0.2) is 35.6 Å². The van der Waals surface area contributed by atoms with Crippen molar-refractivity contribution >= 4 is 17.0 Å². The molecule has 0 radical (unpaired) electrons. The summed E-state index contributed by atoms with van der Waals surface area (Å²) in [5, 5.41) is 1.07. The molecule has 0 bridgehead atoms. The van der Waals surface area contributed by atoms with Gasteiger partial charge in [0.1, 0.15) is 0 Å². The summed E-state index contributed by atoms with van der Waals surface area (Å²) in [6, 6.07) is 7.87. The Labute approximate surface area is 88.3 Å². The Kier molecular flexibility index (Phi) is 2.42. The lowest BCUT2D eigenvalue weighted by molar-refractivity contribution is 1.08. The zero-order chi connectivity index (χ0) is 10.8. The molecule has 2 nitrogen and oxygen atoms in total. The molecule has 2 aromatic rings. The Morgan fingerprint density at radius 1 is 1.40 bits per heavy atom. The fraction of sp³-hybridized carbons (Fsp3) is 0.154. The Hall–Kier alpha value is -1.83. The molecular weight excluding hydrogens is 186 g/mol. The van der Waals surface area contributed by atoms with E-state index >= 15 is 0 Å². The molecule has 1 N–H and O–H groups in total. The summed E-state index contributed by atoms with van der Waals surface area (Å²) >= 11 is 0. The number of benzene rings is 1. The third kappa shape index (κ3) is 1.71. The molecule has 0 saturated heterocycles. The number of rotatable bonds is 2. The third-order valence-electron chi connectivity index (χ3n) is 2.56. The highest BCUT2D eigenvalue weighted by atomic mass is 16.1. The number of nitrogens with one attached hydrogen (secondary N) is 1. The predicted molar refractivity (Wildman–Crippen MR) is 64.0 cm³/mol.